The van der Waals surface area contributed by atoms with E-state index in [4.69, 9.17) is 0 Å². The second-order valence-corrected chi connectivity index (χ2v) is 8.75. The van der Waals surface area contributed by atoms with E-state index in [1.165, 1.54) is 6.08 Å². The van der Waals surface area contributed by atoms with E-state index < -0.39 is 0 Å². The Hall–Kier alpha value is -3.79. The SMILES string of the molecule is C=CC(=O)N[C@@H]1CCN(c2ncnc3cnc(Nc4ccc(N5CCN(C)CC5)cn4)cc23)C1. The summed E-state index contributed by atoms with van der Waals surface area (Å²) in [6.07, 6.45) is 7.36. The first-order valence-electron chi connectivity index (χ1n) is 11.5. The van der Waals surface area contributed by atoms with Crippen molar-refractivity contribution in [2.24, 2.45) is 0 Å². The third-order valence-corrected chi connectivity index (χ3v) is 6.39. The fourth-order valence-electron chi connectivity index (χ4n) is 4.44. The van der Waals surface area contributed by atoms with E-state index in [-0.39, 0.29) is 11.9 Å². The summed E-state index contributed by atoms with van der Waals surface area (Å²) < 4.78 is 0. The maximum atomic E-state index is 11.7. The van der Waals surface area contributed by atoms with Crippen molar-refractivity contribution in [2.45, 2.75) is 12.5 Å². The smallest absolute Gasteiger partial charge is 0.243 e. The molecule has 0 bridgehead atoms. The molecule has 3 aromatic heterocycles. The maximum absolute atomic E-state index is 11.7. The second-order valence-electron chi connectivity index (χ2n) is 8.75. The molecule has 2 N–H and O–H groups in total. The summed E-state index contributed by atoms with van der Waals surface area (Å²) in [5.41, 5.74) is 1.90. The molecule has 0 saturated carbocycles. The highest BCUT2D eigenvalue weighted by molar-refractivity contribution is 5.91. The van der Waals surface area contributed by atoms with Gasteiger partial charge in [-0.05, 0) is 37.7 Å². The van der Waals surface area contributed by atoms with Crippen LogP contribution in [0.15, 0.2) is 49.6 Å². The lowest BCUT2D eigenvalue weighted by Gasteiger charge is -2.33. The summed E-state index contributed by atoms with van der Waals surface area (Å²) in [7, 11) is 2.15. The largest absolute Gasteiger partial charge is 0.368 e. The Morgan fingerprint density at radius 2 is 1.85 bits per heavy atom. The van der Waals surface area contributed by atoms with E-state index in [0.717, 1.165) is 67.4 Å². The first kappa shape index (κ1) is 22.0. The summed E-state index contributed by atoms with van der Waals surface area (Å²) >= 11 is 0. The lowest BCUT2D eigenvalue weighted by atomic mass is 10.2. The van der Waals surface area contributed by atoms with Gasteiger partial charge in [-0.1, -0.05) is 6.58 Å². The van der Waals surface area contributed by atoms with Gasteiger partial charge in [0.15, 0.2) is 0 Å². The fraction of sp³-hybridized carbons (Fsp3) is 0.375. The molecule has 10 nitrogen and oxygen atoms in total. The predicted octanol–water partition coefficient (Wildman–Crippen LogP) is 1.80. The summed E-state index contributed by atoms with van der Waals surface area (Å²) in [5, 5.41) is 7.18. The number of piperazine rings is 1. The Morgan fingerprint density at radius 3 is 2.62 bits per heavy atom. The number of anilines is 4. The van der Waals surface area contributed by atoms with Gasteiger partial charge in [0, 0.05) is 50.7 Å². The normalized spacial score (nSPS) is 18.8. The van der Waals surface area contributed by atoms with Crippen molar-refractivity contribution in [3.63, 3.8) is 0 Å². The molecule has 2 saturated heterocycles. The van der Waals surface area contributed by atoms with E-state index in [2.05, 4.69) is 65.0 Å². The molecule has 1 amide bonds. The molecule has 5 heterocycles. The van der Waals surface area contributed by atoms with Crippen LogP contribution in [0.2, 0.25) is 0 Å². The first-order valence-corrected chi connectivity index (χ1v) is 11.5. The summed E-state index contributed by atoms with van der Waals surface area (Å²) in [6, 6.07) is 6.10. The number of nitrogens with zero attached hydrogens (tertiary/aromatic N) is 7. The Labute approximate surface area is 198 Å². The number of carbonyl (C=O) groups excluding carboxylic acids is 1. The highest BCUT2D eigenvalue weighted by atomic mass is 16.1. The average molecular weight is 460 g/mol. The number of hydrogen-bond donors (Lipinski definition) is 2. The molecule has 10 heteroatoms. The molecule has 176 valence electrons. The summed E-state index contributed by atoms with van der Waals surface area (Å²) in [4.78, 5) is 36.6. The Kier molecular flexibility index (Phi) is 6.22. The van der Waals surface area contributed by atoms with E-state index in [0.29, 0.717) is 12.4 Å². The number of hydrogen-bond acceptors (Lipinski definition) is 9. The van der Waals surface area contributed by atoms with Gasteiger partial charge in [0.1, 0.15) is 23.8 Å². The van der Waals surface area contributed by atoms with Crippen molar-refractivity contribution in [3.05, 3.63) is 49.6 Å². The molecule has 2 aliphatic rings. The van der Waals surface area contributed by atoms with Crippen molar-refractivity contribution in [1.29, 1.82) is 0 Å². The molecule has 3 aromatic rings. The van der Waals surface area contributed by atoms with Crippen molar-refractivity contribution in [1.82, 2.24) is 30.2 Å². The predicted molar refractivity (Wildman–Crippen MR) is 134 cm³/mol. The van der Waals surface area contributed by atoms with Crippen molar-refractivity contribution >= 4 is 40.0 Å². The number of carbonyl (C=O) groups is 1. The lowest BCUT2D eigenvalue weighted by Crippen LogP contribution is -2.44. The third-order valence-electron chi connectivity index (χ3n) is 6.39. The topological polar surface area (TPSA) is 102 Å². The van der Waals surface area contributed by atoms with Crippen LogP contribution >= 0.6 is 0 Å². The van der Waals surface area contributed by atoms with Crippen LogP contribution in [0.3, 0.4) is 0 Å². The van der Waals surface area contributed by atoms with Gasteiger partial charge in [-0.15, -0.1) is 0 Å². The van der Waals surface area contributed by atoms with Gasteiger partial charge in [0.2, 0.25) is 5.91 Å². The number of aromatic nitrogens is 4. The molecule has 5 rings (SSSR count). The molecule has 2 aliphatic heterocycles. The standard InChI is InChI=1S/C24H29N9O/c1-3-23(34)29-17-6-7-33(15-17)24-19-12-22(26-14-20(19)27-16-28-24)30-21-5-4-18(13-25-21)32-10-8-31(2)9-11-32/h3-5,12-14,16-17H,1,6-11,15H2,2H3,(H,29,34)(H,25,26,30)/t17-/m1/s1. The van der Waals surface area contributed by atoms with E-state index in [1.807, 2.05) is 18.3 Å². The Bertz CT molecular complexity index is 1170. The molecular weight excluding hydrogens is 430 g/mol. The Balaban J connectivity index is 1.31. The van der Waals surface area contributed by atoms with Gasteiger partial charge in [-0.3, -0.25) is 4.79 Å². The maximum Gasteiger partial charge on any atom is 0.243 e. The van der Waals surface area contributed by atoms with Crippen LogP contribution in [-0.4, -0.2) is 83.1 Å². The molecule has 0 spiro atoms. The summed E-state index contributed by atoms with van der Waals surface area (Å²) in [5.74, 6) is 2.10. The van der Waals surface area contributed by atoms with Gasteiger partial charge >= 0.3 is 0 Å². The summed E-state index contributed by atoms with van der Waals surface area (Å²) in [6.45, 7) is 9.15. The van der Waals surface area contributed by atoms with Crippen LogP contribution in [0.25, 0.3) is 10.9 Å². The minimum absolute atomic E-state index is 0.0676. The fourth-order valence-corrected chi connectivity index (χ4v) is 4.44. The van der Waals surface area contributed by atoms with Crippen molar-refractivity contribution < 1.29 is 4.79 Å². The molecule has 34 heavy (non-hydrogen) atoms. The van der Waals surface area contributed by atoms with Crippen LogP contribution in [0, 0.1) is 0 Å². The molecular formula is C24H29N9O. The minimum atomic E-state index is -0.152. The number of nitrogens with one attached hydrogen (secondary N) is 2. The average Bonchev–Trinajstić information content (AvgIpc) is 3.32. The second kappa shape index (κ2) is 9.60. The molecule has 2 fully saturated rings. The minimum Gasteiger partial charge on any atom is -0.368 e. The zero-order chi connectivity index (χ0) is 23.5. The van der Waals surface area contributed by atoms with E-state index in [1.54, 1.807) is 12.5 Å². The molecule has 0 radical (unpaired) electrons. The lowest BCUT2D eigenvalue weighted by molar-refractivity contribution is -0.117. The van der Waals surface area contributed by atoms with Crippen molar-refractivity contribution in [2.75, 3.05) is 61.4 Å². The van der Waals surface area contributed by atoms with Gasteiger partial charge in [-0.25, -0.2) is 19.9 Å². The van der Waals surface area contributed by atoms with Crippen LogP contribution < -0.4 is 20.4 Å². The van der Waals surface area contributed by atoms with Crippen molar-refractivity contribution in [3.8, 4) is 0 Å². The number of likely N-dealkylation sites (N-methyl/N-ethyl adjacent to an activating group) is 1. The van der Waals surface area contributed by atoms with Crippen LogP contribution in [-0.2, 0) is 4.79 Å². The zero-order valence-corrected chi connectivity index (χ0v) is 19.3. The first-order chi connectivity index (χ1) is 16.6. The molecule has 0 unspecified atom stereocenters. The molecule has 0 aliphatic carbocycles. The number of rotatable bonds is 6. The van der Waals surface area contributed by atoms with E-state index >= 15 is 0 Å². The van der Waals surface area contributed by atoms with E-state index in [9.17, 15) is 4.79 Å². The number of amides is 1. The van der Waals surface area contributed by atoms with Gasteiger partial charge in [0.25, 0.3) is 0 Å². The van der Waals surface area contributed by atoms with Crippen LogP contribution in [0.1, 0.15) is 6.42 Å². The highest BCUT2D eigenvalue weighted by Gasteiger charge is 2.26. The zero-order valence-electron chi connectivity index (χ0n) is 19.3. The monoisotopic (exact) mass is 459 g/mol. The van der Waals surface area contributed by atoms with Gasteiger partial charge in [-0.2, -0.15) is 0 Å². The van der Waals surface area contributed by atoms with Crippen LogP contribution in [0.5, 0.6) is 0 Å². The van der Waals surface area contributed by atoms with Gasteiger partial charge < -0.3 is 25.3 Å². The quantitative estimate of drug-likeness (QED) is 0.534. The Morgan fingerprint density at radius 1 is 1.03 bits per heavy atom. The number of fused-ring (bicyclic) bond motifs is 1. The molecule has 1 atom stereocenters. The third kappa shape index (κ3) is 4.76. The highest BCUT2D eigenvalue weighted by Crippen LogP contribution is 2.28. The van der Waals surface area contributed by atoms with Crippen LogP contribution in [0.4, 0.5) is 23.1 Å². The van der Waals surface area contributed by atoms with Gasteiger partial charge in [0.05, 0.1) is 23.6 Å². The molecule has 0 aromatic carbocycles. The number of pyridine rings is 2.